The smallest absolute Gasteiger partial charge is 0.261 e. The summed E-state index contributed by atoms with van der Waals surface area (Å²) in [7, 11) is 0. The summed E-state index contributed by atoms with van der Waals surface area (Å²) < 4.78 is 3.93. The summed E-state index contributed by atoms with van der Waals surface area (Å²) in [6, 6.07) is 13.2. The van der Waals surface area contributed by atoms with E-state index in [2.05, 4.69) is 14.9 Å². The molecule has 0 saturated heterocycles. The number of rotatable bonds is 4. The van der Waals surface area contributed by atoms with Crippen LogP contribution in [0.25, 0.3) is 21.9 Å². The van der Waals surface area contributed by atoms with Crippen LogP contribution in [0.1, 0.15) is 47.7 Å². The van der Waals surface area contributed by atoms with Gasteiger partial charge >= 0.3 is 0 Å². The van der Waals surface area contributed by atoms with Crippen LogP contribution in [0.5, 0.6) is 0 Å². The van der Waals surface area contributed by atoms with Gasteiger partial charge in [0.2, 0.25) is 0 Å². The van der Waals surface area contributed by atoms with Crippen molar-refractivity contribution in [3.63, 3.8) is 0 Å². The van der Waals surface area contributed by atoms with Crippen LogP contribution in [0.4, 0.5) is 0 Å². The molecule has 5 rings (SSSR count). The monoisotopic (exact) mass is 429 g/mol. The van der Waals surface area contributed by atoms with Crippen molar-refractivity contribution in [2.75, 3.05) is 6.54 Å². The third-order valence-corrected chi connectivity index (χ3v) is 6.30. The van der Waals surface area contributed by atoms with E-state index in [-0.39, 0.29) is 11.5 Å². The molecule has 0 aliphatic carbocycles. The fraction of sp³-hybridized carbons (Fsp3) is 0.360. The molecule has 0 spiro atoms. The molecular formula is C25H27N5O2. The lowest BCUT2D eigenvalue weighted by molar-refractivity contribution is 0.0952. The molecule has 0 bridgehead atoms. The number of hydrogen-bond acceptors (Lipinski definition) is 4. The number of carbonyl (C=O) groups excluding carboxylic acids is 1. The summed E-state index contributed by atoms with van der Waals surface area (Å²) in [5.41, 5.74) is 3.14. The van der Waals surface area contributed by atoms with Crippen molar-refractivity contribution >= 4 is 27.8 Å². The van der Waals surface area contributed by atoms with E-state index in [0.717, 1.165) is 54.9 Å². The maximum Gasteiger partial charge on any atom is 0.261 e. The molecule has 2 aromatic carbocycles. The molecule has 7 nitrogen and oxygen atoms in total. The van der Waals surface area contributed by atoms with Gasteiger partial charge in [-0.3, -0.25) is 14.2 Å². The minimum absolute atomic E-state index is 0.00122. The number of fused-ring (bicyclic) bond motifs is 3. The Balaban J connectivity index is 1.35. The Kier molecular flexibility index (Phi) is 5.47. The fourth-order valence-electron chi connectivity index (χ4n) is 4.60. The predicted molar refractivity (Wildman–Crippen MR) is 125 cm³/mol. The van der Waals surface area contributed by atoms with E-state index in [1.54, 1.807) is 18.2 Å². The number of aromatic nitrogens is 4. The van der Waals surface area contributed by atoms with Crippen LogP contribution < -0.4 is 10.9 Å². The molecule has 0 saturated carbocycles. The Morgan fingerprint density at radius 2 is 1.88 bits per heavy atom. The highest BCUT2D eigenvalue weighted by molar-refractivity contribution is 5.97. The summed E-state index contributed by atoms with van der Waals surface area (Å²) in [6.45, 7) is 3.82. The van der Waals surface area contributed by atoms with Gasteiger partial charge in [0.1, 0.15) is 11.6 Å². The van der Waals surface area contributed by atoms with E-state index in [4.69, 9.17) is 4.98 Å². The van der Waals surface area contributed by atoms with Gasteiger partial charge in [-0.1, -0.05) is 25.0 Å². The lowest BCUT2D eigenvalue weighted by Gasteiger charge is -2.16. The van der Waals surface area contributed by atoms with Gasteiger partial charge in [0, 0.05) is 31.6 Å². The first-order valence-electron chi connectivity index (χ1n) is 11.4. The van der Waals surface area contributed by atoms with E-state index in [9.17, 15) is 9.59 Å². The summed E-state index contributed by atoms with van der Waals surface area (Å²) in [6.07, 6.45) is 5.17. The highest BCUT2D eigenvalue weighted by atomic mass is 16.1. The molecule has 1 N–H and O–H groups in total. The Bertz CT molecular complexity index is 1370. The maximum atomic E-state index is 13.0. The molecule has 4 aromatic rings. The zero-order valence-electron chi connectivity index (χ0n) is 18.3. The molecule has 0 atom stereocenters. The summed E-state index contributed by atoms with van der Waals surface area (Å²) in [5.74, 6) is 1.59. The first kappa shape index (κ1) is 20.4. The van der Waals surface area contributed by atoms with Crippen molar-refractivity contribution in [1.29, 1.82) is 0 Å². The van der Waals surface area contributed by atoms with Crippen molar-refractivity contribution < 1.29 is 4.79 Å². The van der Waals surface area contributed by atoms with Crippen LogP contribution in [0, 0.1) is 6.92 Å². The number of nitrogens with one attached hydrogen (secondary N) is 1. The Hall–Kier alpha value is -3.48. The molecule has 1 aliphatic rings. The van der Waals surface area contributed by atoms with Crippen LogP contribution >= 0.6 is 0 Å². The normalized spacial score (nSPS) is 14.2. The average molecular weight is 430 g/mol. The fourth-order valence-corrected chi connectivity index (χ4v) is 4.60. The van der Waals surface area contributed by atoms with Gasteiger partial charge in [-0.25, -0.2) is 9.97 Å². The highest BCUT2D eigenvalue weighted by Crippen LogP contribution is 2.17. The SMILES string of the molecule is Cc1nc2ccccc2n1CCNC(=O)c1ccc2c(=O)n3c(nc2c1)CCCCCC3. The van der Waals surface area contributed by atoms with Crippen molar-refractivity contribution in [2.24, 2.45) is 0 Å². The van der Waals surface area contributed by atoms with Crippen molar-refractivity contribution in [2.45, 2.75) is 52.1 Å². The van der Waals surface area contributed by atoms with Crippen LogP contribution in [0.3, 0.4) is 0 Å². The van der Waals surface area contributed by atoms with Crippen molar-refractivity contribution in [3.8, 4) is 0 Å². The molecule has 2 aromatic heterocycles. The Morgan fingerprint density at radius 1 is 1.03 bits per heavy atom. The van der Waals surface area contributed by atoms with Gasteiger partial charge in [-0.15, -0.1) is 0 Å². The third-order valence-electron chi connectivity index (χ3n) is 6.30. The van der Waals surface area contributed by atoms with Crippen molar-refractivity contribution in [1.82, 2.24) is 24.4 Å². The second kappa shape index (κ2) is 8.57. The first-order valence-corrected chi connectivity index (χ1v) is 11.4. The van der Waals surface area contributed by atoms with Gasteiger partial charge in [0.05, 0.1) is 21.9 Å². The Morgan fingerprint density at radius 3 is 2.78 bits per heavy atom. The van der Waals surface area contributed by atoms with E-state index in [1.165, 1.54) is 6.42 Å². The van der Waals surface area contributed by atoms with Gasteiger partial charge in [-0.05, 0) is 50.1 Å². The van der Waals surface area contributed by atoms with Gasteiger partial charge in [0.15, 0.2) is 0 Å². The summed E-state index contributed by atoms with van der Waals surface area (Å²) >= 11 is 0. The molecular weight excluding hydrogens is 402 g/mol. The zero-order chi connectivity index (χ0) is 22.1. The summed E-state index contributed by atoms with van der Waals surface area (Å²) in [4.78, 5) is 35.1. The molecule has 0 radical (unpaired) electrons. The molecule has 32 heavy (non-hydrogen) atoms. The minimum atomic E-state index is -0.164. The molecule has 164 valence electrons. The number of carbonyl (C=O) groups is 1. The van der Waals surface area contributed by atoms with Crippen LogP contribution in [0.2, 0.25) is 0 Å². The van der Waals surface area contributed by atoms with Crippen LogP contribution in [-0.4, -0.2) is 31.6 Å². The Labute approximate surface area is 186 Å². The number of imidazole rings is 1. The molecule has 7 heteroatoms. The number of amides is 1. The maximum absolute atomic E-state index is 13.0. The third kappa shape index (κ3) is 3.79. The number of aryl methyl sites for hydroxylation is 2. The molecule has 0 fully saturated rings. The van der Waals surface area contributed by atoms with Gasteiger partial charge in [0.25, 0.3) is 11.5 Å². The first-order chi connectivity index (χ1) is 15.6. The molecule has 1 amide bonds. The predicted octanol–water partition coefficient (Wildman–Crippen LogP) is 3.60. The average Bonchev–Trinajstić information content (AvgIpc) is 3.10. The van der Waals surface area contributed by atoms with E-state index < -0.39 is 0 Å². The molecule has 3 heterocycles. The van der Waals surface area contributed by atoms with E-state index >= 15 is 0 Å². The number of nitrogens with zero attached hydrogens (tertiary/aromatic N) is 4. The highest BCUT2D eigenvalue weighted by Gasteiger charge is 2.15. The quantitative estimate of drug-likeness (QED) is 0.537. The van der Waals surface area contributed by atoms with Crippen LogP contribution in [0.15, 0.2) is 47.3 Å². The number of hydrogen-bond donors (Lipinski definition) is 1. The lowest BCUT2D eigenvalue weighted by Crippen LogP contribution is -2.28. The summed E-state index contributed by atoms with van der Waals surface area (Å²) in [5, 5.41) is 3.57. The van der Waals surface area contributed by atoms with Gasteiger partial charge in [-0.2, -0.15) is 0 Å². The topological polar surface area (TPSA) is 81.8 Å². The molecule has 0 unspecified atom stereocenters. The van der Waals surface area contributed by atoms with Gasteiger partial charge < -0.3 is 9.88 Å². The number of benzene rings is 2. The second-order valence-electron chi connectivity index (χ2n) is 8.44. The van der Waals surface area contributed by atoms with E-state index in [0.29, 0.717) is 29.6 Å². The largest absolute Gasteiger partial charge is 0.350 e. The standard InChI is InChI=1S/C25H27N5O2/c1-17-27-20-8-5-6-9-22(20)29(17)15-13-26-24(31)18-11-12-19-21(16-18)28-23-10-4-2-3-7-14-30(23)25(19)32/h5-6,8-9,11-12,16H,2-4,7,10,13-15H2,1H3,(H,26,31). The number of para-hydroxylation sites is 2. The van der Waals surface area contributed by atoms with Crippen LogP contribution in [-0.2, 0) is 19.5 Å². The molecule has 1 aliphatic heterocycles. The van der Waals surface area contributed by atoms with Crippen molar-refractivity contribution in [3.05, 3.63) is 70.0 Å². The minimum Gasteiger partial charge on any atom is -0.350 e. The zero-order valence-corrected chi connectivity index (χ0v) is 18.3. The second-order valence-corrected chi connectivity index (χ2v) is 8.44. The lowest BCUT2D eigenvalue weighted by atomic mass is 10.1. The van der Waals surface area contributed by atoms with E-state index in [1.807, 2.05) is 35.8 Å².